The maximum absolute atomic E-state index is 11.3. The highest BCUT2D eigenvalue weighted by molar-refractivity contribution is 5.88. The molecule has 8 atom stereocenters. The fraction of sp³-hybridized carbons (Fsp3) is 0.625. The van der Waals surface area contributed by atoms with Crippen LogP contribution in [0.25, 0.3) is 0 Å². The summed E-state index contributed by atoms with van der Waals surface area (Å²) in [4.78, 5) is 22.5. The molecule has 2 rings (SSSR count). The van der Waals surface area contributed by atoms with Crippen molar-refractivity contribution in [3.63, 3.8) is 0 Å². The maximum atomic E-state index is 11.3. The zero-order chi connectivity index (χ0) is 20.3. The molecular formula is C16H22O11. The van der Waals surface area contributed by atoms with Crippen molar-refractivity contribution < 1.29 is 54.4 Å². The van der Waals surface area contributed by atoms with Gasteiger partial charge < -0.3 is 44.8 Å². The maximum Gasteiger partial charge on any atom is 0.335 e. The topological polar surface area (TPSA) is 183 Å². The van der Waals surface area contributed by atoms with Gasteiger partial charge in [-0.05, 0) is 0 Å². The second-order valence-corrected chi connectivity index (χ2v) is 6.23. The van der Waals surface area contributed by atoms with E-state index >= 15 is 0 Å². The highest BCUT2D eigenvalue weighted by atomic mass is 16.8. The van der Waals surface area contributed by atoms with E-state index < -0.39 is 73.8 Å². The molecule has 0 aromatic heterocycles. The molecule has 152 valence electrons. The van der Waals surface area contributed by atoms with Crippen LogP contribution >= 0.6 is 0 Å². The number of carbonyl (C=O) groups is 2. The Bertz CT molecular complexity index is 601. The number of carboxylic acid groups (broad SMARTS) is 2. The normalized spacial score (nSPS) is 39.2. The summed E-state index contributed by atoms with van der Waals surface area (Å²) in [5.74, 6) is -4.56. The first-order chi connectivity index (χ1) is 12.7. The van der Waals surface area contributed by atoms with Gasteiger partial charge in [0.1, 0.15) is 24.4 Å². The largest absolute Gasteiger partial charge is 0.481 e. The molecule has 1 fully saturated rings. The number of rotatable bonds is 7. The van der Waals surface area contributed by atoms with Gasteiger partial charge in [0.05, 0.1) is 24.9 Å². The molecule has 0 amide bonds. The van der Waals surface area contributed by atoms with Crippen molar-refractivity contribution in [2.24, 2.45) is 11.8 Å². The Morgan fingerprint density at radius 2 is 1.81 bits per heavy atom. The number of hydrogen-bond donors (Lipinski definition) is 6. The molecular weight excluding hydrogens is 368 g/mol. The fourth-order valence-corrected chi connectivity index (χ4v) is 3.07. The van der Waals surface area contributed by atoms with Crippen LogP contribution in [0.5, 0.6) is 0 Å². The molecule has 2 aliphatic heterocycles. The molecule has 2 aliphatic rings. The Morgan fingerprint density at radius 1 is 1.15 bits per heavy atom. The molecule has 0 aromatic rings. The molecule has 2 heterocycles. The molecule has 0 saturated carbocycles. The van der Waals surface area contributed by atoms with Crippen molar-refractivity contribution in [3.05, 3.63) is 24.5 Å². The first kappa shape index (κ1) is 21.3. The Labute approximate surface area is 153 Å². The van der Waals surface area contributed by atoms with Gasteiger partial charge in [-0.25, -0.2) is 4.79 Å². The van der Waals surface area contributed by atoms with Gasteiger partial charge >= 0.3 is 11.9 Å². The van der Waals surface area contributed by atoms with Gasteiger partial charge in [0.25, 0.3) is 0 Å². The average molecular weight is 390 g/mol. The Kier molecular flexibility index (Phi) is 6.92. The van der Waals surface area contributed by atoms with Crippen LogP contribution in [-0.4, -0.2) is 86.2 Å². The highest BCUT2D eigenvalue weighted by Crippen LogP contribution is 2.36. The lowest BCUT2D eigenvalue weighted by molar-refractivity contribution is -0.339. The zero-order valence-corrected chi connectivity index (χ0v) is 14.1. The molecule has 11 heteroatoms. The smallest absolute Gasteiger partial charge is 0.335 e. The molecule has 11 nitrogen and oxygen atoms in total. The third kappa shape index (κ3) is 4.46. The number of aliphatic hydroxyl groups is 4. The molecule has 0 bridgehead atoms. The fourth-order valence-electron chi connectivity index (χ4n) is 3.07. The Morgan fingerprint density at radius 3 is 2.33 bits per heavy atom. The van der Waals surface area contributed by atoms with E-state index in [0.717, 1.165) is 6.26 Å². The van der Waals surface area contributed by atoms with Gasteiger partial charge in [-0.1, -0.05) is 6.08 Å². The number of aliphatic hydroxyl groups excluding tert-OH is 4. The van der Waals surface area contributed by atoms with Crippen LogP contribution in [0.3, 0.4) is 0 Å². The van der Waals surface area contributed by atoms with Gasteiger partial charge in [-0.3, -0.25) is 4.79 Å². The third-order valence-electron chi connectivity index (χ3n) is 4.54. The van der Waals surface area contributed by atoms with Crippen LogP contribution in [0, 0.1) is 11.8 Å². The van der Waals surface area contributed by atoms with E-state index in [1.165, 1.54) is 6.08 Å². The molecule has 0 radical (unpaired) electrons. The summed E-state index contributed by atoms with van der Waals surface area (Å²) in [6, 6.07) is 0. The predicted molar refractivity (Wildman–Crippen MR) is 84.9 cm³/mol. The minimum absolute atomic E-state index is 0.282. The van der Waals surface area contributed by atoms with E-state index in [1.54, 1.807) is 0 Å². The van der Waals surface area contributed by atoms with Gasteiger partial charge in [0.2, 0.25) is 6.29 Å². The lowest BCUT2D eigenvalue weighted by Gasteiger charge is -2.42. The van der Waals surface area contributed by atoms with E-state index in [0.29, 0.717) is 0 Å². The van der Waals surface area contributed by atoms with Crippen LogP contribution in [0.2, 0.25) is 0 Å². The summed E-state index contributed by atoms with van der Waals surface area (Å²) in [6.07, 6.45) is -7.39. The summed E-state index contributed by atoms with van der Waals surface area (Å²) >= 11 is 0. The van der Waals surface area contributed by atoms with Gasteiger partial charge in [-0.2, -0.15) is 0 Å². The number of carboxylic acids is 2. The second-order valence-electron chi connectivity index (χ2n) is 6.23. The quantitative estimate of drug-likeness (QED) is 0.265. The summed E-state index contributed by atoms with van der Waals surface area (Å²) in [7, 11) is 0. The Balaban J connectivity index is 2.23. The molecule has 0 spiro atoms. The van der Waals surface area contributed by atoms with E-state index in [-0.39, 0.29) is 5.57 Å². The molecule has 27 heavy (non-hydrogen) atoms. The predicted octanol–water partition coefficient (Wildman–Crippen LogP) is -1.98. The minimum Gasteiger partial charge on any atom is -0.481 e. The number of ether oxygens (including phenoxy) is 3. The second kappa shape index (κ2) is 8.78. The SMILES string of the molecule is C=C[C@@H]1[C@H](O[C@@H]2O[C@@H](CO)[C@@H](O)[C@H](O)[C@@H]2O)OC=C(C(=O)O)[C@H]1CC(=O)O. The lowest BCUT2D eigenvalue weighted by atomic mass is 9.81. The molecule has 0 aromatic carbocycles. The molecule has 1 saturated heterocycles. The highest BCUT2D eigenvalue weighted by Gasteiger charge is 2.47. The standard InChI is InChI=1S/C16H22O11/c1-2-6-7(3-10(18)19)8(14(23)24)5-25-15(6)27-16-13(22)12(21)11(20)9(4-17)26-16/h2,5-7,9,11-13,15-17,20-22H,1,3-4H2,(H,18,19)(H,23,24)/t6-,7-,9-,11+,12-,13-,15-,16-/m0/s1. The lowest BCUT2D eigenvalue weighted by Crippen LogP contribution is -2.60. The van der Waals surface area contributed by atoms with E-state index in [4.69, 9.17) is 19.3 Å². The minimum atomic E-state index is -1.69. The van der Waals surface area contributed by atoms with E-state index in [2.05, 4.69) is 6.58 Å². The van der Waals surface area contributed by atoms with E-state index in [9.17, 15) is 35.1 Å². The van der Waals surface area contributed by atoms with Crippen molar-refractivity contribution in [1.29, 1.82) is 0 Å². The number of aliphatic carboxylic acids is 2. The number of hydrogen-bond acceptors (Lipinski definition) is 9. The van der Waals surface area contributed by atoms with Crippen molar-refractivity contribution >= 4 is 11.9 Å². The first-order valence-electron chi connectivity index (χ1n) is 8.10. The molecule has 6 N–H and O–H groups in total. The van der Waals surface area contributed by atoms with Crippen LogP contribution in [0.15, 0.2) is 24.5 Å². The third-order valence-corrected chi connectivity index (χ3v) is 4.54. The van der Waals surface area contributed by atoms with Gasteiger partial charge in [-0.15, -0.1) is 6.58 Å². The summed E-state index contributed by atoms with van der Waals surface area (Å²) in [5, 5.41) is 57.1. The molecule has 0 aliphatic carbocycles. The van der Waals surface area contributed by atoms with Gasteiger partial charge in [0, 0.05) is 11.8 Å². The van der Waals surface area contributed by atoms with Crippen molar-refractivity contribution in [2.45, 2.75) is 43.4 Å². The molecule has 0 unspecified atom stereocenters. The van der Waals surface area contributed by atoms with Gasteiger partial charge in [0.15, 0.2) is 6.29 Å². The van der Waals surface area contributed by atoms with Crippen LogP contribution in [0.4, 0.5) is 0 Å². The van der Waals surface area contributed by atoms with Crippen LogP contribution in [-0.2, 0) is 23.8 Å². The Hall–Kier alpha value is -2.02. The average Bonchev–Trinajstić information content (AvgIpc) is 2.61. The zero-order valence-electron chi connectivity index (χ0n) is 14.1. The van der Waals surface area contributed by atoms with Crippen LogP contribution < -0.4 is 0 Å². The van der Waals surface area contributed by atoms with E-state index in [1.807, 2.05) is 0 Å². The first-order valence-corrected chi connectivity index (χ1v) is 8.10. The van der Waals surface area contributed by atoms with Crippen LogP contribution in [0.1, 0.15) is 6.42 Å². The summed E-state index contributed by atoms with van der Waals surface area (Å²) in [6.45, 7) is 2.89. The van der Waals surface area contributed by atoms with Crippen molar-refractivity contribution in [3.8, 4) is 0 Å². The summed E-state index contributed by atoms with van der Waals surface area (Å²) in [5.41, 5.74) is -0.282. The summed E-state index contributed by atoms with van der Waals surface area (Å²) < 4.78 is 15.9. The monoisotopic (exact) mass is 390 g/mol. The van der Waals surface area contributed by atoms with Crippen molar-refractivity contribution in [1.82, 2.24) is 0 Å². The van der Waals surface area contributed by atoms with Crippen molar-refractivity contribution in [2.75, 3.05) is 6.61 Å².